The predicted octanol–water partition coefficient (Wildman–Crippen LogP) is -0.829. The molecule has 3 rings (SSSR count). The van der Waals surface area contributed by atoms with Gasteiger partial charge in [-0.25, -0.2) is 13.2 Å². The lowest BCUT2D eigenvalue weighted by Gasteiger charge is -2.40. The van der Waals surface area contributed by atoms with Crippen molar-refractivity contribution in [2.24, 2.45) is 0 Å². The largest absolute Gasteiger partial charge is 0.462 e. The van der Waals surface area contributed by atoms with Gasteiger partial charge in [0.05, 0.1) is 19.3 Å². The van der Waals surface area contributed by atoms with Crippen LogP contribution < -0.4 is 5.32 Å². The summed E-state index contributed by atoms with van der Waals surface area (Å²) in [5.41, 5.74) is -0.104. The van der Waals surface area contributed by atoms with E-state index in [1.807, 2.05) is 0 Å². The van der Waals surface area contributed by atoms with Gasteiger partial charge >= 0.3 is 5.97 Å². The quantitative estimate of drug-likeness (QED) is 0.634. The van der Waals surface area contributed by atoms with Crippen molar-refractivity contribution >= 4 is 21.9 Å². The first kappa shape index (κ1) is 18.8. The molecule has 1 aromatic heterocycles. The maximum Gasteiger partial charge on any atom is 0.342 e. The fourth-order valence-electron chi connectivity index (χ4n) is 3.36. The number of esters is 1. The van der Waals surface area contributed by atoms with Gasteiger partial charge in [-0.05, 0) is 19.8 Å². The van der Waals surface area contributed by atoms with E-state index in [-0.39, 0.29) is 42.2 Å². The smallest absolute Gasteiger partial charge is 0.342 e. The Morgan fingerprint density at radius 1 is 1.42 bits per heavy atom. The topological polar surface area (TPSA) is 125 Å². The number of ether oxygens (including phenoxy) is 1. The Kier molecular flexibility index (Phi) is 5.58. The maximum atomic E-state index is 13.0. The Labute approximate surface area is 151 Å². The highest BCUT2D eigenvalue weighted by atomic mass is 32.2. The number of H-pyrrole nitrogens is 1. The highest BCUT2D eigenvalue weighted by Crippen LogP contribution is 2.24. The number of piperazine rings is 1. The molecule has 144 valence electrons. The van der Waals surface area contributed by atoms with Crippen LogP contribution >= 0.6 is 0 Å². The summed E-state index contributed by atoms with van der Waals surface area (Å²) in [6, 6.07) is -0.165. The first-order valence-corrected chi connectivity index (χ1v) is 10.1. The van der Waals surface area contributed by atoms with Crippen LogP contribution in [-0.4, -0.2) is 85.1 Å². The summed E-state index contributed by atoms with van der Waals surface area (Å²) in [6.45, 7) is 3.86. The van der Waals surface area contributed by atoms with Crippen molar-refractivity contribution in [3.63, 3.8) is 0 Å². The molecule has 0 spiro atoms. The summed E-state index contributed by atoms with van der Waals surface area (Å²) in [5, 5.41) is 8.87. The molecule has 2 aliphatic heterocycles. The molecule has 1 unspecified atom stereocenters. The van der Waals surface area contributed by atoms with Gasteiger partial charge in [-0.1, -0.05) is 0 Å². The molecule has 1 aromatic rings. The minimum atomic E-state index is -3.94. The van der Waals surface area contributed by atoms with E-state index in [0.717, 1.165) is 12.6 Å². The molecule has 10 nitrogen and oxygen atoms in total. The Balaban J connectivity index is 1.80. The number of amides is 1. The average Bonchev–Trinajstić information content (AvgIpc) is 3.13. The Bertz CT molecular complexity index is 777. The van der Waals surface area contributed by atoms with E-state index in [9.17, 15) is 18.0 Å². The van der Waals surface area contributed by atoms with Crippen LogP contribution in [0.15, 0.2) is 11.2 Å². The summed E-state index contributed by atoms with van der Waals surface area (Å²) >= 11 is 0. The van der Waals surface area contributed by atoms with Gasteiger partial charge in [0.1, 0.15) is 5.56 Å². The maximum absolute atomic E-state index is 13.0. The van der Waals surface area contributed by atoms with Gasteiger partial charge in [0, 0.05) is 32.2 Å². The van der Waals surface area contributed by atoms with E-state index in [0.29, 0.717) is 26.1 Å². The summed E-state index contributed by atoms with van der Waals surface area (Å²) in [7, 11) is -3.94. The monoisotopic (exact) mass is 385 g/mol. The number of carbonyl (C=O) groups excluding carboxylic acids is 2. The number of hydrogen-bond acceptors (Lipinski definition) is 7. The van der Waals surface area contributed by atoms with Crippen LogP contribution in [0.2, 0.25) is 0 Å². The fraction of sp³-hybridized carbons (Fsp3) is 0.667. The second kappa shape index (κ2) is 7.72. The van der Waals surface area contributed by atoms with Crippen molar-refractivity contribution in [3.8, 4) is 0 Å². The third-order valence-electron chi connectivity index (χ3n) is 4.62. The Morgan fingerprint density at radius 2 is 2.23 bits per heavy atom. The molecule has 1 amide bonds. The number of nitrogens with one attached hydrogen (secondary N) is 2. The van der Waals surface area contributed by atoms with Crippen LogP contribution in [-0.2, 0) is 19.6 Å². The molecule has 26 heavy (non-hydrogen) atoms. The van der Waals surface area contributed by atoms with Crippen LogP contribution in [0.3, 0.4) is 0 Å². The highest BCUT2D eigenvalue weighted by Gasteiger charge is 2.37. The normalized spacial score (nSPS) is 22.4. The Morgan fingerprint density at radius 3 is 2.96 bits per heavy atom. The zero-order valence-corrected chi connectivity index (χ0v) is 15.4. The van der Waals surface area contributed by atoms with Gasteiger partial charge in [-0.2, -0.15) is 9.40 Å². The minimum absolute atomic E-state index is 0.0192. The van der Waals surface area contributed by atoms with Gasteiger partial charge in [0.15, 0.2) is 5.03 Å². The number of aromatic amines is 1. The molecule has 0 aromatic carbocycles. The number of carbonyl (C=O) groups is 2. The molecule has 2 saturated heterocycles. The average molecular weight is 385 g/mol. The molecule has 1 atom stereocenters. The zero-order valence-electron chi connectivity index (χ0n) is 14.6. The highest BCUT2D eigenvalue weighted by molar-refractivity contribution is 7.89. The second-order valence-corrected chi connectivity index (χ2v) is 8.13. The third-order valence-corrected chi connectivity index (χ3v) is 6.46. The van der Waals surface area contributed by atoms with Crippen molar-refractivity contribution in [1.29, 1.82) is 0 Å². The van der Waals surface area contributed by atoms with Crippen molar-refractivity contribution < 1.29 is 22.7 Å². The van der Waals surface area contributed by atoms with E-state index in [1.54, 1.807) is 11.8 Å². The van der Waals surface area contributed by atoms with Crippen molar-refractivity contribution in [2.75, 3.05) is 39.3 Å². The SMILES string of the molecule is CCOC(=O)c1cn[nH]c1S(=O)(=O)N1CCCC(N2CCNCC2=O)C1. The van der Waals surface area contributed by atoms with Crippen LogP contribution in [0, 0.1) is 0 Å². The zero-order chi connectivity index (χ0) is 18.7. The lowest BCUT2D eigenvalue weighted by atomic mass is 10.1. The van der Waals surface area contributed by atoms with Crippen LogP contribution in [0.1, 0.15) is 30.1 Å². The number of aromatic nitrogens is 2. The predicted molar refractivity (Wildman–Crippen MR) is 90.9 cm³/mol. The van der Waals surface area contributed by atoms with Crippen LogP contribution in [0.5, 0.6) is 0 Å². The lowest BCUT2D eigenvalue weighted by molar-refractivity contribution is -0.135. The summed E-state index contributed by atoms with van der Waals surface area (Å²) < 4.78 is 32.2. The molecule has 3 heterocycles. The molecule has 0 aliphatic carbocycles. The molecule has 2 fully saturated rings. The second-order valence-electron chi connectivity index (χ2n) is 6.26. The van der Waals surface area contributed by atoms with Gasteiger partial charge in [0.25, 0.3) is 10.0 Å². The van der Waals surface area contributed by atoms with E-state index in [2.05, 4.69) is 15.5 Å². The van der Waals surface area contributed by atoms with Crippen molar-refractivity contribution in [2.45, 2.75) is 30.8 Å². The standard InChI is InChI=1S/C15H23N5O5S/c1-2-25-15(22)12-8-17-18-14(12)26(23,24)19-6-3-4-11(10-19)20-7-5-16-9-13(20)21/h8,11,16H,2-7,9-10H2,1H3,(H,17,18). The van der Waals surface area contributed by atoms with Crippen molar-refractivity contribution in [1.82, 2.24) is 24.7 Å². The van der Waals surface area contributed by atoms with Crippen LogP contribution in [0.25, 0.3) is 0 Å². The number of hydrogen-bond donors (Lipinski definition) is 2. The number of rotatable bonds is 5. The molecule has 0 saturated carbocycles. The number of nitrogens with zero attached hydrogens (tertiary/aromatic N) is 3. The molecule has 2 N–H and O–H groups in total. The molecule has 0 radical (unpaired) electrons. The van der Waals surface area contributed by atoms with E-state index < -0.39 is 16.0 Å². The summed E-state index contributed by atoms with van der Waals surface area (Å²) in [6.07, 6.45) is 2.56. The van der Waals surface area contributed by atoms with Gasteiger partial charge in [-0.15, -0.1) is 0 Å². The van der Waals surface area contributed by atoms with E-state index in [4.69, 9.17) is 4.74 Å². The van der Waals surface area contributed by atoms with Gasteiger partial charge in [-0.3, -0.25) is 9.89 Å². The van der Waals surface area contributed by atoms with Gasteiger partial charge in [0.2, 0.25) is 5.91 Å². The molecular weight excluding hydrogens is 362 g/mol. The number of piperidine rings is 1. The van der Waals surface area contributed by atoms with Crippen LogP contribution in [0.4, 0.5) is 0 Å². The van der Waals surface area contributed by atoms with Crippen molar-refractivity contribution in [3.05, 3.63) is 11.8 Å². The molecular formula is C15H23N5O5S. The van der Waals surface area contributed by atoms with Gasteiger partial charge < -0.3 is 15.0 Å². The lowest BCUT2D eigenvalue weighted by Crippen LogP contribution is -2.57. The fourth-order valence-corrected chi connectivity index (χ4v) is 4.93. The molecule has 2 aliphatic rings. The Hall–Kier alpha value is -1.98. The first-order valence-electron chi connectivity index (χ1n) is 8.66. The van der Waals surface area contributed by atoms with E-state index in [1.165, 1.54) is 4.31 Å². The molecule has 0 bridgehead atoms. The number of sulfonamides is 1. The summed E-state index contributed by atoms with van der Waals surface area (Å²) in [4.78, 5) is 25.8. The van der Waals surface area contributed by atoms with E-state index >= 15 is 0 Å². The minimum Gasteiger partial charge on any atom is -0.462 e. The molecule has 11 heteroatoms. The third kappa shape index (κ3) is 3.60. The first-order chi connectivity index (χ1) is 12.4. The summed E-state index contributed by atoms with van der Waals surface area (Å²) in [5.74, 6) is -0.750.